The summed E-state index contributed by atoms with van der Waals surface area (Å²) in [6.07, 6.45) is -0.383. The highest BCUT2D eigenvalue weighted by Crippen LogP contribution is 2.30. The summed E-state index contributed by atoms with van der Waals surface area (Å²) in [6, 6.07) is 7.46. The summed E-state index contributed by atoms with van der Waals surface area (Å²) in [6.45, 7) is 4.14. The van der Waals surface area contributed by atoms with Crippen LogP contribution >= 0.6 is 0 Å². The van der Waals surface area contributed by atoms with Gasteiger partial charge in [-0.1, -0.05) is 12.1 Å². The normalized spacial score (nSPS) is 23.1. The highest BCUT2D eigenvalue weighted by Gasteiger charge is 2.34. The Bertz CT molecular complexity index is 362. The number of methoxy groups -OCH3 is 1. The quantitative estimate of drug-likeness (QED) is 0.788. The Morgan fingerprint density at radius 1 is 1.25 bits per heavy atom. The smallest absolute Gasteiger partial charge is 0.226 e. The second-order valence-corrected chi connectivity index (χ2v) is 4.03. The fourth-order valence-corrected chi connectivity index (χ4v) is 1.57. The highest BCUT2D eigenvalue weighted by molar-refractivity contribution is 5.39. The van der Waals surface area contributed by atoms with Crippen molar-refractivity contribution < 1.29 is 18.9 Å². The average Bonchev–Trinajstić information content (AvgIpc) is 2.59. The van der Waals surface area contributed by atoms with Crippen molar-refractivity contribution in [2.75, 3.05) is 13.7 Å². The highest BCUT2D eigenvalue weighted by atomic mass is 16.8. The van der Waals surface area contributed by atoms with Crippen molar-refractivity contribution in [2.24, 2.45) is 0 Å². The van der Waals surface area contributed by atoms with Gasteiger partial charge in [0.05, 0.1) is 7.11 Å². The molecule has 88 valence electrons. The minimum Gasteiger partial charge on any atom is -0.493 e. The van der Waals surface area contributed by atoms with Crippen LogP contribution in [0, 0.1) is 0 Å². The van der Waals surface area contributed by atoms with Crippen molar-refractivity contribution in [3.8, 4) is 11.5 Å². The topological polar surface area (TPSA) is 36.9 Å². The van der Waals surface area contributed by atoms with Gasteiger partial charge >= 0.3 is 0 Å². The van der Waals surface area contributed by atoms with Gasteiger partial charge in [0, 0.05) is 0 Å². The molecule has 1 aliphatic heterocycles. The molecule has 0 bridgehead atoms. The Kier molecular flexibility index (Phi) is 3.03. The van der Waals surface area contributed by atoms with E-state index in [1.807, 2.05) is 38.1 Å². The summed E-state index contributed by atoms with van der Waals surface area (Å²) in [7, 11) is 1.61. The lowest BCUT2D eigenvalue weighted by molar-refractivity contribution is -0.167. The molecule has 4 nitrogen and oxygen atoms in total. The van der Waals surface area contributed by atoms with Crippen LogP contribution < -0.4 is 9.47 Å². The summed E-state index contributed by atoms with van der Waals surface area (Å²) >= 11 is 0. The molecule has 0 aromatic heterocycles. The van der Waals surface area contributed by atoms with Gasteiger partial charge in [0.25, 0.3) is 0 Å². The molecule has 1 atom stereocenters. The van der Waals surface area contributed by atoms with Crippen LogP contribution in [0.5, 0.6) is 11.5 Å². The third-order valence-corrected chi connectivity index (χ3v) is 2.31. The molecule has 1 saturated heterocycles. The predicted octanol–water partition coefficient (Wildman–Crippen LogP) is 2.18. The van der Waals surface area contributed by atoms with E-state index >= 15 is 0 Å². The van der Waals surface area contributed by atoms with Crippen molar-refractivity contribution in [3.05, 3.63) is 24.3 Å². The van der Waals surface area contributed by atoms with E-state index in [0.29, 0.717) is 18.1 Å². The zero-order valence-electron chi connectivity index (χ0n) is 9.73. The molecule has 1 unspecified atom stereocenters. The summed E-state index contributed by atoms with van der Waals surface area (Å²) in [5, 5.41) is 0. The molecule has 4 heteroatoms. The SMILES string of the molecule is COc1ccccc1OC1COC(C)(C)O1. The molecule has 0 spiro atoms. The number of para-hydroxylation sites is 2. The molecule has 0 N–H and O–H groups in total. The van der Waals surface area contributed by atoms with Gasteiger partial charge in [0.1, 0.15) is 6.61 Å². The molecule has 1 fully saturated rings. The molecule has 1 aromatic carbocycles. The van der Waals surface area contributed by atoms with Gasteiger partial charge in [-0.05, 0) is 26.0 Å². The maximum absolute atomic E-state index is 5.66. The van der Waals surface area contributed by atoms with E-state index in [4.69, 9.17) is 18.9 Å². The van der Waals surface area contributed by atoms with Crippen molar-refractivity contribution in [2.45, 2.75) is 25.9 Å². The van der Waals surface area contributed by atoms with E-state index in [0.717, 1.165) is 0 Å². The Hall–Kier alpha value is -1.26. The molecule has 2 rings (SSSR count). The van der Waals surface area contributed by atoms with Crippen molar-refractivity contribution in [3.63, 3.8) is 0 Å². The number of ether oxygens (including phenoxy) is 4. The Morgan fingerprint density at radius 2 is 1.94 bits per heavy atom. The van der Waals surface area contributed by atoms with Crippen LogP contribution in [-0.2, 0) is 9.47 Å². The summed E-state index contributed by atoms with van der Waals surface area (Å²) in [5.41, 5.74) is 0. The third kappa shape index (κ3) is 2.46. The second kappa shape index (κ2) is 4.31. The second-order valence-electron chi connectivity index (χ2n) is 4.03. The van der Waals surface area contributed by atoms with Gasteiger partial charge in [0.15, 0.2) is 17.3 Å². The molecular formula is C12H16O4. The molecule has 1 heterocycles. The van der Waals surface area contributed by atoms with Crippen molar-refractivity contribution in [1.82, 2.24) is 0 Å². The van der Waals surface area contributed by atoms with Crippen LogP contribution in [0.1, 0.15) is 13.8 Å². The molecule has 0 radical (unpaired) electrons. The minimum absolute atomic E-state index is 0.383. The summed E-state index contributed by atoms with van der Waals surface area (Å²) in [4.78, 5) is 0. The van der Waals surface area contributed by atoms with Crippen LogP contribution in [-0.4, -0.2) is 25.8 Å². The number of hydrogen-bond acceptors (Lipinski definition) is 4. The fraction of sp³-hybridized carbons (Fsp3) is 0.500. The van der Waals surface area contributed by atoms with E-state index < -0.39 is 5.79 Å². The first-order valence-electron chi connectivity index (χ1n) is 5.22. The van der Waals surface area contributed by atoms with Crippen LogP contribution in [0.15, 0.2) is 24.3 Å². The maximum atomic E-state index is 5.66. The zero-order valence-corrected chi connectivity index (χ0v) is 9.73. The van der Waals surface area contributed by atoms with Gasteiger partial charge in [-0.15, -0.1) is 0 Å². The Balaban J connectivity index is 2.04. The van der Waals surface area contributed by atoms with E-state index in [1.54, 1.807) is 7.11 Å². The van der Waals surface area contributed by atoms with E-state index in [-0.39, 0.29) is 6.29 Å². The van der Waals surface area contributed by atoms with E-state index in [9.17, 15) is 0 Å². The monoisotopic (exact) mass is 224 g/mol. The summed E-state index contributed by atoms with van der Waals surface area (Å²) < 4.78 is 21.8. The fourth-order valence-electron chi connectivity index (χ4n) is 1.57. The van der Waals surface area contributed by atoms with E-state index in [2.05, 4.69) is 0 Å². The van der Waals surface area contributed by atoms with Gasteiger partial charge < -0.3 is 18.9 Å². The van der Waals surface area contributed by atoms with Crippen molar-refractivity contribution >= 4 is 0 Å². The Labute approximate surface area is 95.1 Å². The Morgan fingerprint density at radius 3 is 2.50 bits per heavy atom. The number of rotatable bonds is 3. The largest absolute Gasteiger partial charge is 0.493 e. The lowest BCUT2D eigenvalue weighted by Gasteiger charge is -2.18. The van der Waals surface area contributed by atoms with Crippen LogP contribution in [0.4, 0.5) is 0 Å². The zero-order chi connectivity index (χ0) is 11.6. The van der Waals surface area contributed by atoms with Gasteiger partial charge in [-0.25, -0.2) is 0 Å². The predicted molar refractivity (Wildman–Crippen MR) is 58.5 cm³/mol. The lowest BCUT2D eigenvalue weighted by Crippen LogP contribution is -2.24. The lowest BCUT2D eigenvalue weighted by atomic mass is 10.3. The first kappa shape index (κ1) is 11.2. The minimum atomic E-state index is -0.577. The van der Waals surface area contributed by atoms with Gasteiger partial charge in [-0.2, -0.15) is 0 Å². The number of benzene rings is 1. The first-order chi connectivity index (χ1) is 7.61. The first-order valence-corrected chi connectivity index (χ1v) is 5.22. The van der Waals surface area contributed by atoms with Crippen molar-refractivity contribution in [1.29, 1.82) is 0 Å². The number of hydrogen-bond donors (Lipinski definition) is 0. The van der Waals surface area contributed by atoms with Gasteiger partial charge in [0.2, 0.25) is 6.29 Å². The van der Waals surface area contributed by atoms with Crippen LogP contribution in [0.25, 0.3) is 0 Å². The molecule has 0 amide bonds. The maximum Gasteiger partial charge on any atom is 0.226 e. The van der Waals surface area contributed by atoms with Crippen LogP contribution in [0.3, 0.4) is 0 Å². The van der Waals surface area contributed by atoms with Gasteiger partial charge in [-0.3, -0.25) is 0 Å². The molecule has 0 saturated carbocycles. The third-order valence-electron chi connectivity index (χ3n) is 2.31. The molecule has 0 aliphatic carbocycles. The van der Waals surface area contributed by atoms with E-state index in [1.165, 1.54) is 0 Å². The molecule has 1 aromatic rings. The molecule has 16 heavy (non-hydrogen) atoms. The summed E-state index contributed by atoms with van der Waals surface area (Å²) in [5.74, 6) is 0.777. The standard InChI is InChI=1S/C12H16O4/c1-12(2)14-8-11(16-12)15-10-7-5-4-6-9(10)13-3/h4-7,11H,8H2,1-3H3. The average molecular weight is 224 g/mol. The molecule has 1 aliphatic rings. The van der Waals surface area contributed by atoms with Crippen LogP contribution in [0.2, 0.25) is 0 Å². The molecular weight excluding hydrogens is 208 g/mol.